The van der Waals surface area contributed by atoms with Gasteiger partial charge in [0.2, 0.25) is 0 Å². The molecule has 0 radical (unpaired) electrons. The van der Waals surface area contributed by atoms with Crippen molar-refractivity contribution < 1.29 is 9.53 Å². The van der Waals surface area contributed by atoms with Crippen LogP contribution in [0.25, 0.3) is 0 Å². The minimum Gasteiger partial charge on any atom is -0.464 e. The van der Waals surface area contributed by atoms with Gasteiger partial charge < -0.3 is 15.4 Å². The monoisotopic (exact) mass is 291 g/mol. The summed E-state index contributed by atoms with van der Waals surface area (Å²) in [5.41, 5.74) is 7.05. The zero-order valence-electron chi connectivity index (χ0n) is 13.1. The summed E-state index contributed by atoms with van der Waals surface area (Å²) < 4.78 is 4.76. The molecule has 0 amide bonds. The quantitative estimate of drug-likeness (QED) is 0.845. The highest BCUT2D eigenvalue weighted by Crippen LogP contribution is 2.31. The first-order valence-electron chi connectivity index (χ1n) is 7.64. The van der Waals surface area contributed by atoms with Crippen molar-refractivity contribution in [3.05, 3.63) is 17.8 Å². The minimum absolute atomic E-state index is 0.313. The van der Waals surface area contributed by atoms with Crippen molar-refractivity contribution in [2.45, 2.75) is 45.6 Å². The summed E-state index contributed by atoms with van der Waals surface area (Å²) in [5.74, 6) is 0.805. The van der Waals surface area contributed by atoms with Crippen LogP contribution >= 0.6 is 0 Å². The maximum atomic E-state index is 11.7. The number of methoxy groups -OCH3 is 1. The Labute approximate surface area is 126 Å². The molecule has 0 aromatic carbocycles. The lowest BCUT2D eigenvalue weighted by Crippen LogP contribution is -2.37. The first-order chi connectivity index (χ1) is 10.0. The molecule has 2 N–H and O–H groups in total. The van der Waals surface area contributed by atoms with Crippen LogP contribution in [-0.4, -0.2) is 30.6 Å². The maximum absolute atomic E-state index is 11.7. The normalized spacial score (nSPS) is 15.4. The topological polar surface area (TPSA) is 68.5 Å². The number of ether oxygens (including phenoxy) is 1. The Balaban J connectivity index is 2.35. The number of hydrogen-bond acceptors (Lipinski definition) is 5. The lowest BCUT2D eigenvalue weighted by molar-refractivity contribution is 0.0594. The molecule has 2 rings (SSSR count). The molecule has 116 valence electrons. The van der Waals surface area contributed by atoms with E-state index in [2.05, 4.69) is 23.7 Å². The van der Waals surface area contributed by atoms with Crippen LogP contribution in [-0.2, 0) is 4.74 Å². The summed E-state index contributed by atoms with van der Waals surface area (Å²) in [7, 11) is 1.36. The van der Waals surface area contributed by atoms with Gasteiger partial charge in [-0.15, -0.1) is 0 Å². The second-order valence-corrected chi connectivity index (χ2v) is 6.09. The lowest BCUT2D eigenvalue weighted by Gasteiger charge is -2.32. The van der Waals surface area contributed by atoms with Gasteiger partial charge in [-0.2, -0.15) is 0 Å². The van der Waals surface area contributed by atoms with Crippen molar-refractivity contribution in [1.29, 1.82) is 0 Å². The molecule has 0 bridgehead atoms. The third kappa shape index (κ3) is 3.65. The number of nitrogen functional groups attached to an aromatic ring is 1. The molecule has 0 spiro atoms. The van der Waals surface area contributed by atoms with Crippen molar-refractivity contribution in [2.24, 2.45) is 5.92 Å². The van der Waals surface area contributed by atoms with Gasteiger partial charge in [-0.05, 0) is 30.9 Å². The molecule has 21 heavy (non-hydrogen) atoms. The Hall–Kier alpha value is -1.78. The second-order valence-electron chi connectivity index (χ2n) is 6.09. The molecule has 1 aromatic heterocycles. The third-order valence-electron chi connectivity index (χ3n) is 3.90. The number of carbonyl (C=O) groups excluding carboxylic acids is 1. The van der Waals surface area contributed by atoms with Crippen molar-refractivity contribution >= 4 is 17.5 Å². The van der Waals surface area contributed by atoms with Gasteiger partial charge in [0, 0.05) is 12.6 Å². The summed E-state index contributed by atoms with van der Waals surface area (Å²) in [4.78, 5) is 18.4. The molecule has 0 unspecified atom stereocenters. The Morgan fingerprint density at radius 1 is 1.43 bits per heavy atom. The predicted molar refractivity (Wildman–Crippen MR) is 84.4 cm³/mol. The molecule has 1 aromatic rings. The SMILES string of the molecule is COC(=O)c1ccc(N)c(N(CC(C)C)C2CCCC2)n1. The van der Waals surface area contributed by atoms with E-state index < -0.39 is 5.97 Å². The molecule has 1 saturated carbocycles. The van der Waals surface area contributed by atoms with Gasteiger partial charge in [-0.3, -0.25) is 0 Å². The van der Waals surface area contributed by atoms with Crippen LogP contribution in [0.2, 0.25) is 0 Å². The Morgan fingerprint density at radius 2 is 2.10 bits per heavy atom. The van der Waals surface area contributed by atoms with Gasteiger partial charge in [-0.25, -0.2) is 9.78 Å². The Morgan fingerprint density at radius 3 is 2.67 bits per heavy atom. The van der Waals surface area contributed by atoms with E-state index in [0.29, 0.717) is 23.3 Å². The molecule has 0 saturated heterocycles. The number of pyridine rings is 1. The van der Waals surface area contributed by atoms with E-state index >= 15 is 0 Å². The first-order valence-corrected chi connectivity index (χ1v) is 7.64. The van der Waals surface area contributed by atoms with Gasteiger partial charge >= 0.3 is 5.97 Å². The van der Waals surface area contributed by atoms with Gasteiger partial charge in [0.1, 0.15) is 0 Å². The number of nitrogens with two attached hydrogens (primary N) is 1. The van der Waals surface area contributed by atoms with E-state index in [9.17, 15) is 4.79 Å². The molecule has 1 aliphatic rings. The van der Waals surface area contributed by atoms with Crippen LogP contribution in [0.4, 0.5) is 11.5 Å². The summed E-state index contributed by atoms with van der Waals surface area (Å²) >= 11 is 0. The average Bonchev–Trinajstić information content (AvgIpc) is 2.98. The maximum Gasteiger partial charge on any atom is 0.356 e. The van der Waals surface area contributed by atoms with E-state index in [1.165, 1.54) is 20.0 Å². The van der Waals surface area contributed by atoms with Gasteiger partial charge in [0.15, 0.2) is 11.5 Å². The van der Waals surface area contributed by atoms with Crippen LogP contribution in [0.15, 0.2) is 12.1 Å². The highest BCUT2D eigenvalue weighted by atomic mass is 16.5. The second kappa shape index (κ2) is 6.78. The van der Waals surface area contributed by atoms with E-state index in [1.807, 2.05) is 0 Å². The highest BCUT2D eigenvalue weighted by Gasteiger charge is 2.26. The van der Waals surface area contributed by atoms with E-state index in [1.54, 1.807) is 12.1 Å². The fraction of sp³-hybridized carbons (Fsp3) is 0.625. The fourth-order valence-electron chi connectivity index (χ4n) is 2.93. The smallest absolute Gasteiger partial charge is 0.356 e. The van der Waals surface area contributed by atoms with Crippen molar-refractivity contribution in [1.82, 2.24) is 4.98 Å². The van der Waals surface area contributed by atoms with Crippen LogP contribution in [0, 0.1) is 5.92 Å². The number of anilines is 2. The molecular weight excluding hydrogens is 266 g/mol. The summed E-state index contributed by atoms with van der Waals surface area (Å²) in [6.07, 6.45) is 4.82. The summed E-state index contributed by atoms with van der Waals surface area (Å²) in [6, 6.07) is 3.83. The molecule has 1 heterocycles. The average molecular weight is 291 g/mol. The molecule has 1 fully saturated rings. The van der Waals surface area contributed by atoms with Crippen molar-refractivity contribution in [2.75, 3.05) is 24.3 Å². The number of aromatic nitrogens is 1. The Kier molecular flexibility index (Phi) is 5.04. The van der Waals surface area contributed by atoms with E-state index in [4.69, 9.17) is 10.5 Å². The van der Waals surface area contributed by atoms with Crippen molar-refractivity contribution in [3.63, 3.8) is 0 Å². The fourth-order valence-corrected chi connectivity index (χ4v) is 2.93. The van der Waals surface area contributed by atoms with Crippen LogP contribution < -0.4 is 10.6 Å². The van der Waals surface area contributed by atoms with Crippen molar-refractivity contribution in [3.8, 4) is 0 Å². The molecular formula is C16H25N3O2. The minimum atomic E-state index is -0.424. The number of nitrogens with zero attached hydrogens (tertiary/aromatic N) is 2. The zero-order valence-corrected chi connectivity index (χ0v) is 13.1. The number of hydrogen-bond donors (Lipinski definition) is 1. The lowest BCUT2D eigenvalue weighted by atomic mass is 10.1. The predicted octanol–water partition coefficient (Wildman–Crippen LogP) is 2.86. The number of carbonyl (C=O) groups is 1. The first kappa shape index (κ1) is 15.6. The largest absolute Gasteiger partial charge is 0.464 e. The van der Waals surface area contributed by atoms with Crippen LogP contribution in [0.1, 0.15) is 50.0 Å². The number of esters is 1. The van der Waals surface area contributed by atoms with Gasteiger partial charge in [0.05, 0.1) is 12.8 Å². The highest BCUT2D eigenvalue weighted by molar-refractivity contribution is 5.88. The molecule has 0 aliphatic heterocycles. The van der Waals surface area contributed by atoms with Crippen LogP contribution in [0.5, 0.6) is 0 Å². The standard InChI is InChI=1S/C16H25N3O2/c1-11(2)10-19(12-6-4-5-7-12)15-13(17)8-9-14(18-15)16(20)21-3/h8-9,11-12H,4-7,10,17H2,1-3H3. The van der Waals surface area contributed by atoms with Gasteiger partial charge in [0.25, 0.3) is 0 Å². The number of rotatable bonds is 5. The Bertz CT molecular complexity index is 496. The summed E-state index contributed by atoms with van der Waals surface area (Å²) in [5, 5.41) is 0. The zero-order chi connectivity index (χ0) is 15.4. The van der Waals surface area contributed by atoms with Gasteiger partial charge in [-0.1, -0.05) is 26.7 Å². The third-order valence-corrected chi connectivity index (χ3v) is 3.90. The summed E-state index contributed by atoms with van der Waals surface area (Å²) in [6.45, 7) is 5.26. The molecule has 5 nitrogen and oxygen atoms in total. The van der Waals surface area contributed by atoms with Crippen LogP contribution in [0.3, 0.4) is 0 Å². The van der Waals surface area contributed by atoms with E-state index in [-0.39, 0.29) is 0 Å². The molecule has 0 atom stereocenters. The molecule has 5 heteroatoms. The van der Waals surface area contributed by atoms with E-state index in [0.717, 1.165) is 25.2 Å². The molecule has 1 aliphatic carbocycles.